The van der Waals surface area contributed by atoms with E-state index in [-0.39, 0.29) is 12.1 Å². The Balaban J connectivity index is 1.96. The summed E-state index contributed by atoms with van der Waals surface area (Å²) < 4.78 is 5.66. The predicted octanol–water partition coefficient (Wildman–Crippen LogP) is 3.97. The van der Waals surface area contributed by atoms with E-state index in [1.54, 1.807) is 18.0 Å². The SMILES string of the molecule is Cc1ccc(SCC(N)c2cncc(OC(C)C)c2)cc1. The van der Waals surface area contributed by atoms with E-state index in [9.17, 15) is 0 Å². The molecular formula is C17H22N2OS. The summed E-state index contributed by atoms with van der Waals surface area (Å²) in [5.41, 5.74) is 8.53. The summed E-state index contributed by atoms with van der Waals surface area (Å²) in [4.78, 5) is 5.45. The number of aromatic nitrogens is 1. The molecule has 3 nitrogen and oxygen atoms in total. The van der Waals surface area contributed by atoms with E-state index >= 15 is 0 Å². The first-order valence-corrected chi connectivity index (χ1v) is 8.10. The van der Waals surface area contributed by atoms with Gasteiger partial charge in [-0.3, -0.25) is 4.98 Å². The van der Waals surface area contributed by atoms with E-state index in [0.717, 1.165) is 17.1 Å². The molecule has 0 spiro atoms. The third-order valence-corrected chi connectivity index (χ3v) is 4.12. The lowest BCUT2D eigenvalue weighted by Gasteiger charge is -2.14. The van der Waals surface area contributed by atoms with E-state index in [0.29, 0.717) is 0 Å². The van der Waals surface area contributed by atoms with Crippen molar-refractivity contribution in [3.05, 3.63) is 53.9 Å². The van der Waals surface area contributed by atoms with Gasteiger partial charge in [0, 0.05) is 22.9 Å². The molecule has 2 aromatic rings. The minimum Gasteiger partial charge on any atom is -0.489 e. The van der Waals surface area contributed by atoms with Gasteiger partial charge in [-0.1, -0.05) is 17.7 Å². The average Bonchev–Trinajstić information content (AvgIpc) is 2.46. The zero-order chi connectivity index (χ0) is 15.2. The van der Waals surface area contributed by atoms with Crippen LogP contribution < -0.4 is 10.5 Å². The van der Waals surface area contributed by atoms with Gasteiger partial charge in [0.25, 0.3) is 0 Å². The molecule has 0 bridgehead atoms. The van der Waals surface area contributed by atoms with Crippen LogP contribution in [0.3, 0.4) is 0 Å². The lowest BCUT2D eigenvalue weighted by Crippen LogP contribution is -2.14. The van der Waals surface area contributed by atoms with Crippen LogP contribution in [0.15, 0.2) is 47.6 Å². The number of nitrogens with zero attached hydrogens (tertiary/aromatic N) is 1. The summed E-state index contributed by atoms with van der Waals surface area (Å²) in [7, 11) is 0. The minimum absolute atomic E-state index is 0.0560. The normalized spacial score (nSPS) is 12.4. The summed E-state index contributed by atoms with van der Waals surface area (Å²) in [6, 6.07) is 10.4. The molecule has 0 radical (unpaired) electrons. The van der Waals surface area contributed by atoms with Gasteiger partial charge in [-0.05, 0) is 44.5 Å². The van der Waals surface area contributed by atoms with Gasteiger partial charge in [-0.2, -0.15) is 0 Å². The van der Waals surface area contributed by atoms with E-state index in [1.165, 1.54) is 10.5 Å². The number of benzene rings is 1. The smallest absolute Gasteiger partial charge is 0.138 e. The quantitative estimate of drug-likeness (QED) is 0.820. The third kappa shape index (κ3) is 5.06. The molecule has 4 heteroatoms. The van der Waals surface area contributed by atoms with Crippen LogP contribution >= 0.6 is 11.8 Å². The maximum Gasteiger partial charge on any atom is 0.138 e. The molecule has 0 aliphatic carbocycles. The molecule has 0 amide bonds. The molecule has 2 N–H and O–H groups in total. The van der Waals surface area contributed by atoms with Crippen molar-refractivity contribution in [3.8, 4) is 5.75 Å². The number of rotatable bonds is 6. The van der Waals surface area contributed by atoms with Crippen LogP contribution in [0, 0.1) is 6.92 Å². The van der Waals surface area contributed by atoms with Crippen LogP contribution in [-0.4, -0.2) is 16.8 Å². The second kappa shape index (κ2) is 7.48. The van der Waals surface area contributed by atoms with Gasteiger partial charge < -0.3 is 10.5 Å². The molecule has 0 fully saturated rings. The number of thioether (sulfide) groups is 1. The zero-order valence-corrected chi connectivity index (χ0v) is 13.6. The summed E-state index contributed by atoms with van der Waals surface area (Å²) in [5, 5.41) is 0. The molecule has 1 unspecified atom stereocenters. The van der Waals surface area contributed by atoms with Crippen molar-refractivity contribution in [1.29, 1.82) is 0 Å². The van der Waals surface area contributed by atoms with Crippen molar-refractivity contribution >= 4 is 11.8 Å². The molecule has 21 heavy (non-hydrogen) atoms. The van der Waals surface area contributed by atoms with Gasteiger partial charge in [0.2, 0.25) is 0 Å². The second-order valence-corrected chi connectivity index (χ2v) is 6.44. The van der Waals surface area contributed by atoms with Crippen molar-refractivity contribution in [2.24, 2.45) is 5.73 Å². The fourth-order valence-electron chi connectivity index (χ4n) is 1.89. The number of nitrogens with two attached hydrogens (primary N) is 1. The molecule has 0 aliphatic rings. The Kier molecular flexibility index (Phi) is 5.65. The average molecular weight is 302 g/mol. The molecule has 1 aromatic heterocycles. The number of hydrogen-bond acceptors (Lipinski definition) is 4. The Bertz CT molecular complexity index is 569. The second-order valence-electron chi connectivity index (χ2n) is 5.35. The van der Waals surface area contributed by atoms with Gasteiger partial charge in [0.1, 0.15) is 5.75 Å². The first kappa shape index (κ1) is 15.9. The van der Waals surface area contributed by atoms with E-state index in [2.05, 4.69) is 36.2 Å². The predicted molar refractivity (Wildman–Crippen MR) is 88.8 cm³/mol. The van der Waals surface area contributed by atoms with Crippen molar-refractivity contribution < 1.29 is 4.74 Å². The monoisotopic (exact) mass is 302 g/mol. The molecule has 2 rings (SSSR count). The molecular weight excluding hydrogens is 280 g/mol. The van der Waals surface area contributed by atoms with Crippen LogP contribution in [-0.2, 0) is 0 Å². The maximum atomic E-state index is 6.26. The summed E-state index contributed by atoms with van der Waals surface area (Å²) in [6.45, 7) is 6.09. The summed E-state index contributed by atoms with van der Waals surface area (Å²) in [5.74, 6) is 1.59. The van der Waals surface area contributed by atoms with Crippen LogP contribution in [0.1, 0.15) is 31.0 Å². The fraction of sp³-hybridized carbons (Fsp3) is 0.353. The largest absolute Gasteiger partial charge is 0.489 e. The summed E-state index contributed by atoms with van der Waals surface area (Å²) in [6.07, 6.45) is 3.68. The Morgan fingerprint density at radius 3 is 2.57 bits per heavy atom. The topological polar surface area (TPSA) is 48.1 Å². The maximum absolute atomic E-state index is 6.26. The molecule has 0 saturated carbocycles. The summed E-state index contributed by atoms with van der Waals surface area (Å²) >= 11 is 1.76. The lowest BCUT2D eigenvalue weighted by molar-refractivity contribution is 0.241. The van der Waals surface area contributed by atoms with Crippen LogP contribution in [0.2, 0.25) is 0 Å². The highest BCUT2D eigenvalue weighted by molar-refractivity contribution is 7.99. The number of aryl methyl sites for hydroxylation is 1. The van der Waals surface area contributed by atoms with E-state index in [1.807, 2.05) is 26.1 Å². The van der Waals surface area contributed by atoms with Gasteiger partial charge in [0.15, 0.2) is 0 Å². The van der Waals surface area contributed by atoms with Crippen molar-refractivity contribution in [2.45, 2.75) is 37.8 Å². The standard InChI is InChI=1S/C17H22N2OS/c1-12(2)20-15-8-14(9-19-10-15)17(18)11-21-16-6-4-13(3)5-7-16/h4-10,12,17H,11,18H2,1-3H3. The molecule has 112 valence electrons. The van der Waals surface area contributed by atoms with E-state index < -0.39 is 0 Å². The van der Waals surface area contributed by atoms with Gasteiger partial charge in [-0.15, -0.1) is 11.8 Å². The Hall–Kier alpha value is -1.52. The number of ether oxygens (including phenoxy) is 1. The third-order valence-electron chi connectivity index (χ3n) is 2.98. The zero-order valence-electron chi connectivity index (χ0n) is 12.7. The highest BCUT2D eigenvalue weighted by Crippen LogP contribution is 2.25. The van der Waals surface area contributed by atoms with Crippen molar-refractivity contribution in [1.82, 2.24) is 4.98 Å². The molecule has 1 heterocycles. The van der Waals surface area contributed by atoms with E-state index in [4.69, 9.17) is 10.5 Å². The van der Waals surface area contributed by atoms with Gasteiger partial charge in [-0.25, -0.2) is 0 Å². The first-order chi connectivity index (χ1) is 10.0. The highest BCUT2D eigenvalue weighted by atomic mass is 32.2. The van der Waals surface area contributed by atoms with Crippen LogP contribution in [0.25, 0.3) is 0 Å². The van der Waals surface area contributed by atoms with Crippen molar-refractivity contribution in [2.75, 3.05) is 5.75 Å². The van der Waals surface area contributed by atoms with Crippen LogP contribution in [0.4, 0.5) is 0 Å². The molecule has 0 saturated heterocycles. The number of hydrogen-bond donors (Lipinski definition) is 1. The number of pyridine rings is 1. The Morgan fingerprint density at radius 1 is 1.19 bits per heavy atom. The van der Waals surface area contributed by atoms with Crippen LogP contribution in [0.5, 0.6) is 5.75 Å². The van der Waals surface area contributed by atoms with Gasteiger partial charge in [0.05, 0.1) is 12.3 Å². The lowest BCUT2D eigenvalue weighted by atomic mass is 10.1. The highest BCUT2D eigenvalue weighted by Gasteiger charge is 2.09. The Labute approximate surface area is 130 Å². The minimum atomic E-state index is -0.0560. The molecule has 0 aliphatic heterocycles. The molecule has 1 aromatic carbocycles. The Morgan fingerprint density at radius 2 is 1.90 bits per heavy atom. The fourth-order valence-corrected chi connectivity index (χ4v) is 2.78. The molecule has 1 atom stereocenters. The first-order valence-electron chi connectivity index (χ1n) is 7.11. The van der Waals surface area contributed by atoms with Gasteiger partial charge >= 0.3 is 0 Å². The van der Waals surface area contributed by atoms with Crippen molar-refractivity contribution in [3.63, 3.8) is 0 Å².